The number of allylic oxidation sites excluding steroid dienone is 4. The molecule has 0 amide bonds. The Morgan fingerprint density at radius 1 is 0.857 bits per heavy atom. The van der Waals surface area contributed by atoms with Gasteiger partial charge in [0.05, 0.1) is 5.69 Å². The smallest absolute Gasteiger partial charge is 0.0688 e. The van der Waals surface area contributed by atoms with E-state index in [4.69, 9.17) is 4.99 Å². The summed E-state index contributed by atoms with van der Waals surface area (Å²) in [5.41, 5.74) is 10.1. The van der Waals surface area contributed by atoms with Gasteiger partial charge in [0.15, 0.2) is 0 Å². The fourth-order valence-corrected chi connectivity index (χ4v) is 4.46. The number of fused-ring (bicyclic) bond motifs is 1. The lowest BCUT2D eigenvalue weighted by Crippen LogP contribution is -2.01. The van der Waals surface area contributed by atoms with Gasteiger partial charge in [-0.25, -0.2) is 0 Å². The predicted octanol–water partition coefficient (Wildman–Crippen LogP) is 7.51. The lowest BCUT2D eigenvalue weighted by Gasteiger charge is -2.16. The van der Waals surface area contributed by atoms with Crippen molar-refractivity contribution in [2.24, 2.45) is 4.99 Å². The predicted molar refractivity (Wildman–Crippen MR) is 122 cm³/mol. The van der Waals surface area contributed by atoms with E-state index in [-0.39, 0.29) is 0 Å². The highest BCUT2D eigenvalue weighted by Crippen LogP contribution is 2.37. The molecule has 0 aromatic heterocycles. The van der Waals surface area contributed by atoms with Gasteiger partial charge in [-0.05, 0) is 62.1 Å². The Balaban J connectivity index is 1.90. The second kappa shape index (κ2) is 7.24. The first kappa shape index (κ1) is 18.4. The second-order valence-corrected chi connectivity index (χ2v) is 8.07. The van der Waals surface area contributed by atoms with Gasteiger partial charge >= 0.3 is 0 Å². The summed E-state index contributed by atoms with van der Waals surface area (Å²) < 4.78 is 0. The Labute approximate surface area is 168 Å². The van der Waals surface area contributed by atoms with Gasteiger partial charge in [-0.3, -0.25) is 4.99 Å². The molecule has 4 rings (SSSR count). The van der Waals surface area contributed by atoms with E-state index in [0.29, 0.717) is 5.92 Å². The molecule has 0 bridgehead atoms. The average molecular weight is 366 g/mol. The maximum Gasteiger partial charge on any atom is 0.0688 e. The maximum absolute atomic E-state index is 4.98. The molecule has 0 aliphatic heterocycles. The van der Waals surface area contributed by atoms with Crippen molar-refractivity contribution in [3.05, 3.63) is 99.6 Å². The molecule has 0 fully saturated rings. The molecular formula is C27H27N. The van der Waals surface area contributed by atoms with Gasteiger partial charge in [0.1, 0.15) is 0 Å². The zero-order valence-electron chi connectivity index (χ0n) is 17.4. The van der Waals surface area contributed by atoms with Crippen LogP contribution in [0.15, 0.2) is 76.8 Å². The van der Waals surface area contributed by atoms with Gasteiger partial charge in [0.2, 0.25) is 0 Å². The Morgan fingerprint density at radius 3 is 2.25 bits per heavy atom. The normalized spacial score (nSPS) is 16.7. The molecule has 3 aromatic rings. The fraction of sp³-hybridized carbons (Fsp3) is 0.222. The van der Waals surface area contributed by atoms with Gasteiger partial charge in [-0.2, -0.15) is 0 Å². The molecule has 1 atom stereocenters. The highest BCUT2D eigenvalue weighted by Gasteiger charge is 2.20. The van der Waals surface area contributed by atoms with Gasteiger partial charge in [0, 0.05) is 17.7 Å². The quantitative estimate of drug-likeness (QED) is 0.426. The Hall–Kier alpha value is -2.93. The van der Waals surface area contributed by atoms with Crippen LogP contribution >= 0.6 is 0 Å². The number of aryl methyl sites for hydroxylation is 3. The molecule has 28 heavy (non-hydrogen) atoms. The lowest BCUT2D eigenvalue weighted by atomic mass is 9.88. The van der Waals surface area contributed by atoms with E-state index in [1.165, 1.54) is 49.7 Å². The van der Waals surface area contributed by atoms with E-state index in [1.54, 1.807) is 0 Å². The van der Waals surface area contributed by atoms with E-state index in [0.717, 1.165) is 5.69 Å². The van der Waals surface area contributed by atoms with Crippen molar-refractivity contribution in [1.29, 1.82) is 0 Å². The number of hydrogen-bond donors (Lipinski definition) is 0. The summed E-state index contributed by atoms with van der Waals surface area (Å²) in [4.78, 5) is 4.98. The highest BCUT2D eigenvalue weighted by atomic mass is 14.7. The fourth-order valence-electron chi connectivity index (χ4n) is 4.46. The largest absolute Gasteiger partial charge is 0.256 e. The van der Waals surface area contributed by atoms with Crippen LogP contribution in [0.2, 0.25) is 0 Å². The summed E-state index contributed by atoms with van der Waals surface area (Å²) in [5.74, 6) is 0.325. The third-order valence-corrected chi connectivity index (χ3v) is 5.67. The summed E-state index contributed by atoms with van der Waals surface area (Å²) >= 11 is 0. The van der Waals surface area contributed by atoms with E-state index < -0.39 is 0 Å². The van der Waals surface area contributed by atoms with E-state index >= 15 is 0 Å². The summed E-state index contributed by atoms with van der Waals surface area (Å²) in [6.45, 7) is 10.8. The maximum atomic E-state index is 4.98. The molecule has 0 spiro atoms. The standard InChI is InChI=1S/C27H27N/c1-17-13-20(4)27(21(5)14-17)28-16-26-23-9-7-6-8-22(23)10-11-24(26)25-15-18(2)12-19(25)3/h6-16,25H,1-5H3. The Morgan fingerprint density at radius 2 is 1.57 bits per heavy atom. The van der Waals surface area contributed by atoms with Crippen LogP contribution in [0.5, 0.6) is 0 Å². The van der Waals surface area contributed by atoms with Crippen LogP contribution < -0.4 is 0 Å². The molecule has 0 N–H and O–H groups in total. The molecule has 0 heterocycles. The first-order valence-electron chi connectivity index (χ1n) is 9.94. The zero-order chi connectivity index (χ0) is 19.8. The summed E-state index contributed by atoms with van der Waals surface area (Å²) in [5, 5.41) is 2.52. The minimum atomic E-state index is 0.325. The average Bonchev–Trinajstić information content (AvgIpc) is 2.98. The minimum absolute atomic E-state index is 0.325. The van der Waals surface area contributed by atoms with Gasteiger partial charge in [-0.1, -0.05) is 77.4 Å². The van der Waals surface area contributed by atoms with Gasteiger partial charge in [0.25, 0.3) is 0 Å². The molecule has 0 saturated carbocycles. The van der Waals surface area contributed by atoms with Crippen molar-refractivity contribution in [3.8, 4) is 0 Å². The van der Waals surface area contributed by atoms with Crippen molar-refractivity contribution in [2.45, 2.75) is 40.5 Å². The van der Waals surface area contributed by atoms with Crippen molar-refractivity contribution < 1.29 is 0 Å². The summed E-state index contributed by atoms with van der Waals surface area (Å²) in [6, 6.07) is 17.5. The van der Waals surface area contributed by atoms with Crippen LogP contribution in [0.4, 0.5) is 5.69 Å². The molecule has 140 valence electrons. The van der Waals surface area contributed by atoms with Crippen LogP contribution in [-0.4, -0.2) is 6.21 Å². The number of hydrogen-bond acceptors (Lipinski definition) is 1. The van der Waals surface area contributed by atoms with Gasteiger partial charge < -0.3 is 0 Å². The van der Waals surface area contributed by atoms with Crippen LogP contribution in [0.25, 0.3) is 10.8 Å². The van der Waals surface area contributed by atoms with Crippen molar-refractivity contribution in [2.75, 3.05) is 0 Å². The third-order valence-electron chi connectivity index (χ3n) is 5.67. The molecule has 0 radical (unpaired) electrons. The van der Waals surface area contributed by atoms with Crippen LogP contribution in [-0.2, 0) is 0 Å². The number of aliphatic imine (C=N–C) groups is 1. The monoisotopic (exact) mass is 365 g/mol. The van der Waals surface area contributed by atoms with Crippen molar-refractivity contribution in [1.82, 2.24) is 0 Å². The highest BCUT2D eigenvalue weighted by molar-refractivity contribution is 6.02. The zero-order valence-corrected chi connectivity index (χ0v) is 17.4. The summed E-state index contributed by atoms with van der Waals surface area (Å²) in [7, 11) is 0. The van der Waals surface area contributed by atoms with Crippen LogP contribution in [0.1, 0.15) is 47.6 Å². The SMILES string of the molecule is CC1=CC(c2ccc3ccccc3c2C=Nc2c(C)cc(C)cc2C)C(C)=C1. The van der Waals surface area contributed by atoms with Crippen molar-refractivity contribution >= 4 is 22.7 Å². The molecule has 1 heteroatoms. The molecular weight excluding hydrogens is 338 g/mol. The lowest BCUT2D eigenvalue weighted by molar-refractivity contribution is 1.01. The first-order chi connectivity index (χ1) is 13.4. The molecule has 3 aromatic carbocycles. The van der Waals surface area contributed by atoms with E-state index in [1.807, 2.05) is 0 Å². The topological polar surface area (TPSA) is 12.4 Å². The second-order valence-electron chi connectivity index (χ2n) is 8.07. The number of rotatable bonds is 3. The van der Waals surface area contributed by atoms with E-state index in [2.05, 4.69) is 102 Å². The molecule has 1 unspecified atom stereocenters. The molecule has 1 aliphatic carbocycles. The first-order valence-corrected chi connectivity index (χ1v) is 9.94. The molecule has 0 saturated heterocycles. The summed E-state index contributed by atoms with van der Waals surface area (Å²) in [6.07, 6.45) is 6.73. The molecule has 1 aliphatic rings. The Kier molecular flexibility index (Phi) is 4.77. The Bertz CT molecular complexity index is 1140. The molecule has 1 nitrogen and oxygen atoms in total. The van der Waals surface area contributed by atoms with Gasteiger partial charge in [-0.15, -0.1) is 0 Å². The van der Waals surface area contributed by atoms with Crippen LogP contribution in [0, 0.1) is 20.8 Å². The number of benzene rings is 3. The third kappa shape index (κ3) is 3.33. The minimum Gasteiger partial charge on any atom is -0.256 e. The van der Waals surface area contributed by atoms with Crippen molar-refractivity contribution in [3.63, 3.8) is 0 Å². The van der Waals surface area contributed by atoms with Crippen LogP contribution in [0.3, 0.4) is 0 Å². The van der Waals surface area contributed by atoms with E-state index in [9.17, 15) is 0 Å². The number of nitrogens with zero attached hydrogens (tertiary/aromatic N) is 1.